The summed E-state index contributed by atoms with van der Waals surface area (Å²) < 4.78 is 4.97. The number of hydrogen-bond acceptors (Lipinski definition) is 2. The Morgan fingerprint density at radius 3 is 1.75 bits per heavy atom. The van der Waals surface area contributed by atoms with Crippen LogP contribution in [0.5, 0.6) is 0 Å². The molecule has 2 nitrogen and oxygen atoms in total. The van der Waals surface area contributed by atoms with Crippen molar-refractivity contribution in [2.45, 2.75) is 0 Å². The van der Waals surface area contributed by atoms with Crippen molar-refractivity contribution in [1.29, 1.82) is 0 Å². The van der Waals surface area contributed by atoms with Crippen molar-refractivity contribution in [3.8, 4) is 27.9 Å². The van der Waals surface area contributed by atoms with Crippen LogP contribution < -0.4 is 4.90 Å². The van der Waals surface area contributed by atoms with Crippen LogP contribution in [0.25, 0.3) is 91.5 Å². The van der Waals surface area contributed by atoms with E-state index in [4.69, 9.17) is 0 Å². The normalized spacial score (nSPS) is 11.7. The van der Waals surface area contributed by atoms with E-state index in [-0.39, 0.29) is 0 Å². The van der Waals surface area contributed by atoms with Crippen molar-refractivity contribution >= 4 is 91.9 Å². The first kappa shape index (κ1) is 33.7. The molecule has 10 aromatic carbocycles. The molecular weight excluding hydrogens is 733 g/mol. The Kier molecular flexibility index (Phi) is 7.75. The van der Waals surface area contributed by atoms with E-state index in [9.17, 15) is 0 Å². The number of nitrogens with zero attached hydrogens (tertiary/aromatic N) is 2. The van der Waals surface area contributed by atoms with Crippen LogP contribution in [0.3, 0.4) is 0 Å². The minimum Gasteiger partial charge on any atom is -0.310 e. The van der Waals surface area contributed by atoms with Gasteiger partial charge in [0, 0.05) is 53.7 Å². The Morgan fingerprint density at radius 1 is 0.339 bits per heavy atom. The van der Waals surface area contributed by atoms with Crippen LogP contribution in [-0.4, -0.2) is 4.57 Å². The molecule has 0 spiro atoms. The van der Waals surface area contributed by atoms with Gasteiger partial charge in [-0.05, 0) is 111 Å². The van der Waals surface area contributed by atoms with Gasteiger partial charge in [0.25, 0.3) is 0 Å². The van der Waals surface area contributed by atoms with Gasteiger partial charge in [0.2, 0.25) is 0 Å². The van der Waals surface area contributed by atoms with Crippen molar-refractivity contribution in [3.05, 3.63) is 218 Å². The van der Waals surface area contributed by atoms with Crippen molar-refractivity contribution in [2.24, 2.45) is 0 Å². The Morgan fingerprint density at radius 2 is 0.949 bits per heavy atom. The summed E-state index contributed by atoms with van der Waals surface area (Å²) >= 11 is 1.87. The van der Waals surface area contributed by atoms with Gasteiger partial charge in [0.05, 0.1) is 11.0 Å². The molecule has 2 heterocycles. The summed E-state index contributed by atoms with van der Waals surface area (Å²) in [5.74, 6) is 0. The smallest absolute Gasteiger partial charge is 0.0542 e. The second-order valence-corrected chi connectivity index (χ2v) is 16.4. The number of thiophene rings is 1. The molecule has 276 valence electrons. The van der Waals surface area contributed by atoms with Crippen molar-refractivity contribution in [2.75, 3.05) is 4.90 Å². The van der Waals surface area contributed by atoms with Crippen molar-refractivity contribution in [3.63, 3.8) is 0 Å². The SMILES string of the molecule is c1ccc(-c2cccc3cccc(-c4ccc(N(c5ccc6c(c5)sc5ccc7ccccc7c56)c5ccc6c(c5)c5ccccc5n6-c5ccccc5)cc4)c23)cc1. The maximum Gasteiger partial charge on any atom is 0.0542 e. The summed E-state index contributed by atoms with van der Waals surface area (Å²) in [5.41, 5.74) is 11.8. The van der Waals surface area contributed by atoms with Crippen molar-refractivity contribution < 1.29 is 0 Å². The molecule has 3 heteroatoms. The summed E-state index contributed by atoms with van der Waals surface area (Å²) in [6, 6.07) is 79.9. The molecule has 0 aliphatic heterocycles. The Balaban J connectivity index is 1.05. The monoisotopic (exact) mass is 768 g/mol. The lowest BCUT2D eigenvalue weighted by molar-refractivity contribution is 1.18. The van der Waals surface area contributed by atoms with Crippen LogP contribution in [0.4, 0.5) is 17.1 Å². The van der Waals surface area contributed by atoms with Crippen LogP contribution in [-0.2, 0) is 0 Å². The first-order valence-electron chi connectivity index (χ1n) is 20.2. The van der Waals surface area contributed by atoms with Gasteiger partial charge in [-0.25, -0.2) is 0 Å². The van der Waals surface area contributed by atoms with E-state index in [0.29, 0.717) is 0 Å². The summed E-state index contributed by atoms with van der Waals surface area (Å²) in [6.07, 6.45) is 0. The fourth-order valence-electron chi connectivity index (χ4n) is 9.31. The van der Waals surface area contributed by atoms with Gasteiger partial charge >= 0.3 is 0 Å². The number of aromatic nitrogens is 1. The van der Waals surface area contributed by atoms with E-state index >= 15 is 0 Å². The molecule has 0 N–H and O–H groups in total. The molecule has 0 saturated heterocycles. The van der Waals surface area contributed by atoms with Gasteiger partial charge in [-0.3, -0.25) is 0 Å². The quantitative estimate of drug-likeness (QED) is 0.164. The molecule has 12 rings (SSSR count). The lowest BCUT2D eigenvalue weighted by Crippen LogP contribution is -2.09. The Bertz CT molecular complexity index is 3540. The molecule has 0 saturated carbocycles. The summed E-state index contributed by atoms with van der Waals surface area (Å²) in [7, 11) is 0. The molecule has 0 atom stereocenters. The molecule has 0 aliphatic rings. The highest BCUT2D eigenvalue weighted by Gasteiger charge is 2.20. The number of rotatable bonds is 6. The lowest BCUT2D eigenvalue weighted by Gasteiger charge is -2.26. The second kappa shape index (κ2) is 13.6. The molecule has 59 heavy (non-hydrogen) atoms. The average molecular weight is 769 g/mol. The number of para-hydroxylation sites is 2. The number of hydrogen-bond donors (Lipinski definition) is 0. The van der Waals surface area contributed by atoms with E-state index < -0.39 is 0 Å². The topological polar surface area (TPSA) is 8.17 Å². The minimum atomic E-state index is 1.11. The molecule has 0 bridgehead atoms. The zero-order valence-corrected chi connectivity index (χ0v) is 32.9. The van der Waals surface area contributed by atoms with Crippen LogP contribution in [0.2, 0.25) is 0 Å². The Labute approximate surface area is 346 Å². The van der Waals surface area contributed by atoms with Crippen LogP contribution in [0.1, 0.15) is 0 Å². The number of anilines is 3. The highest BCUT2D eigenvalue weighted by molar-refractivity contribution is 7.26. The van der Waals surface area contributed by atoms with E-state index in [1.165, 1.54) is 85.8 Å². The molecule has 0 amide bonds. The van der Waals surface area contributed by atoms with E-state index in [0.717, 1.165) is 22.7 Å². The highest BCUT2D eigenvalue weighted by atomic mass is 32.1. The standard InChI is InChI=1S/C56H36N2S/c1-3-13-37(14-4-1)45-22-11-16-40-17-12-23-46(55(40)45)39-25-28-42(29-26-39)57(44-30-32-49-54(36-44)59-53-34-27-38-15-7-8-20-47(38)56(49)53)43-31-33-52-50(35-43)48-21-9-10-24-51(48)58(52)41-18-5-2-6-19-41/h1-36H. The third kappa shape index (κ3) is 5.47. The van der Waals surface area contributed by atoms with Crippen molar-refractivity contribution in [1.82, 2.24) is 4.57 Å². The maximum atomic E-state index is 2.43. The second-order valence-electron chi connectivity index (χ2n) is 15.3. The predicted octanol–water partition coefficient (Wildman–Crippen LogP) is 16.3. The molecule has 0 fully saturated rings. The summed E-state index contributed by atoms with van der Waals surface area (Å²) in [6.45, 7) is 0. The molecule has 2 aromatic heterocycles. The van der Waals surface area contributed by atoms with E-state index in [1.54, 1.807) is 0 Å². The zero-order chi connectivity index (χ0) is 38.9. The van der Waals surface area contributed by atoms with E-state index in [2.05, 4.69) is 228 Å². The third-order valence-corrected chi connectivity index (χ3v) is 13.1. The number of benzene rings is 10. The fraction of sp³-hybridized carbons (Fsp3) is 0. The largest absolute Gasteiger partial charge is 0.310 e. The molecule has 0 unspecified atom stereocenters. The highest BCUT2D eigenvalue weighted by Crippen LogP contribution is 2.45. The van der Waals surface area contributed by atoms with Crippen LogP contribution in [0, 0.1) is 0 Å². The summed E-state index contributed by atoms with van der Waals surface area (Å²) in [5, 5.41) is 10.2. The van der Waals surface area contributed by atoms with Crippen LogP contribution >= 0.6 is 11.3 Å². The van der Waals surface area contributed by atoms with Gasteiger partial charge < -0.3 is 9.47 Å². The third-order valence-electron chi connectivity index (χ3n) is 12.0. The fourth-order valence-corrected chi connectivity index (χ4v) is 10.5. The van der Waals surface area contributed by atoms with Gasteiger partial charge in [-0.15, -0.1) is 11.3 Å². The first-order valence-corrected chi connectivity index (χ1v) is 21.0. The van der Waals surface area contributed by atoms with Gasteiger partial charge in [-0.2, -0.15) is 0 Å². The molecule has 0 aliphatic carbocycles. The molecule has 12 aromatic rings. The van der Waals surface area contributed by atoms with Crippen LogP contribution in [0.15, 0.2) is 218 Å². The Hall–Kier alpha value is -7.46. The zero-order valence-electron chi connectivity index (χ0n) is 32.1. The molecule has 0 radical (unpaired) electrons. The summed E-state index contributed by atoms with van der Waals surface area (Å²) in [4.78, 5) is 2.43. The van der Waals surface area contributed by atoms with Gasteiger partial charge in [0.15, 0.2) is 0 Å². The minimum absolute atomic E-state index is 1.11. The predicted molar refractivity (Wildman–Crippen MR) is 254 cm³/mol. The maximum absolute atomic E-state index is 2.43. The van der Waals surface area contributed by atoms with Gasteiger partial charge in [-0.1, -0.05) is 152 Å². The van der Waals surface area contributed by atoms with Gasteiger partial charge in [0.1, 0.15) is 0 Å². The number of fused-ring (bicyclic) bond motifs is 9. The lowest BCUT2D eigenvalue weighted by atomic mass is 9.91. The van der Waals surface area contributed by atoms with E-state index in [1.807, 2.05) is 11.3 Å². The first-order chi connectivity index (χ1) is 29.3. The molecular formula is C56H36N2S. The average Bonchev–Trinajstić information content (AvgIpc) is 3.85.